The van der Waals surface area contributed by atoms with Gasteiger partial charge in [0.2, 0.25) is 5.91 Å². The highest BCUT2D eigenvalue weighted by Crippen LogP contribution is 2.32. The van der Waals surface area contributed by atoms with E-state index in [2.05, 4.69) is 15.5 Å². The van der Waals surface area contributed by atoms with E-state index in [1.54, 1.807) is 4.90 Å². The molecule has 1 aliphatic heterocycles. The van der Waals surface area contributed by atoms with Gasteiger partial charge in [0.25, 0.3) is 5.91 Å². The van der Waals surface area contributed by atoms with E-state index in [0.717, 1.165) is 29.4 Å². The predicted octanol–water partition coefficient (Wildman–Crippen LogP) is 3.10. The highest BCUT2D eigenvalue weighted by molar-refractivity contribution is 6.02. The van der Waals surface area contributed by atoms with E-state index in [1.807, 2.05) is 48.5 Å². The van der Waals surface area contributed by atoms with Crippen molar-refractivity contribution in [3.63, 3.8) is 0 Å². The minimum Gasteiger partial charge on any atom is -0.480 e. The zero-order valence-corrected chi connectivity index (χ0v) is 15.2. The van der Waals surface area contributed by atoms with Gasteiger partial charge in [-0.05, 0) is 43.2 Å². The fourth-order valence-electron chi connectivity index (χ4n) is 3.52. The molecule has 2 aromatic carbocycles. The molecule has 142 valence electrons. The quantitative estimate of drug-likeness (QED) is 0.716. The summed E-state index contributed by atoms with van der Waals surface area (Å²) in [6.07, 6.45) is 1.98. The Hall–Kier alpha value is -3.35. The van der Waals surface area contributed by atoms with Crippen molar-refractivity contribution in [3.05, 3.63) is 48.5 Å². The Morgan fingerprint density at radius 3 is 2.75 bits per heavy atom. The molecule has 3 aromatic rings. The number of rotatable bonds is 5. The topological polar surface area (TPSA) is 87.3 Å². The lowest BCUT2D eigenvalue weighted by Gasteiger charge is -2.17. The molecular weight excluding hydrogens is 356 g/mol. The molecule has 1 atom stereocenters. The summed E-state index contributed by atoms with van der Waals surface area (Å²) in [6, 6.07) is 15.1. The first kappa shape index (κ1) is 16.8. The maximum absolute atomic E-state index is 12.7. The molecule has 1 saturated heterocycles. The van der Waals surface area contributed by atoms with Crippen LogP contribution in [-0.4, -0.2) is 34.7 Å². The Labute approximate surface area is 161 Å². The molecule has 0 spiro atoms. The molecule has 28 heavy (non-hydrogen) atoms. The van der Waals surface area contributed by atoms with Gasteiger partial charge in [0.05, 0.1) is 5.52 Å². The number of hydrogen-bond acceptors (Lipinski definition) is 4. The van der Waals surface area contributed by atoms with Crippen LogP contribution in [0.25, 0.3) is 10.9 Å². The molecule has 2 heterocycles. The summed E-state index contributed by atoms with van der Waals surface area (Å²) >= 11 is 0. The largest absolute Gasteiger partial charge is 0.480 e. The first-order valence-electron chi connectivity index (χ1n) is 9.51. The van der Waals surface area contributed by atoms with Crippen LogP contribution in [0.1, 0.15) is 19.3 Å². The fraction of sp³-hybridized carbons (Fsp3) is 0.286. The zero-order valence-electron chi connectivity index (χ0n) is 15.2. The molecule has 0 bridgehead atoms. The van der Waals surface area contributed by atoms with Crippen LogP contribution in [0.15, 0.2) is 48.5 Å². The highest BCUT2D eigenvalue weighted by Gasteiger charge is 2.34. The molecule has 5 rings (SSSR count). The third kappa shape index (κ3) is 3.09. The maximum atomic E-state index is 12.7. The average molecular weight is 376 g/mol. The standard InChI is InChI=1S/C21H20N4O3/c26-20(13-6-7-13)22-19-16-12-15(8-9-17(16)23-24-19)28-18-10-11-25(21(18)27)14-4-2-1-3-5-14/h1-5,8-9,12-13,18H,6-7,10-11H2,(H2,22,23,24,26). The normalized spacial score (nSPS) is 19.2. The second-order valence-corrected chi connectivity index (χ2v) is 7.26. The van der Waals surface area contributed by atoms with Crippen molar-refractivity contribution in [2.45, 2.75) is 25.4 Å². The molecule has 2 amide bonds. The monoisotopic (exact) mass is 376 g/mol. The minimum absolute atomic E-state index is 0.00388. The summed E-state index contributed by atoms with van der Waals surface area (Å²) in [5.74, 6) is 1.15. The number of fused-ring (bicyclic) bond motifs is 1. The maximum Gasteiger partial charge on any atom is 0.268 e. The molecule has 0 radical (unpaired) electrons. The van der Waals surface area contributed by atoms with Crippen LogP contribution >= 0.6 is 0 Å². The Morgan fingerprint density at radius 2 is 1.96 bits per heavy atom. The molecule has 7 nitrogen and oxygen atoms in total. The van der Waals surface area contributed by atoms with E-state index < -0.39 is 6.10 Å². The summed E-state index contributed by atoms with van der Waals surface area (Å²) < 4.78 is 5.99. The first-order valence-corrected chi connectivity index (χ1v) is 9.51. The molecule has 1 aliphatic carbocycles. The Morgan fingerprint density at radius 1 is 1.14 bits per heavy atom. The van der Waals surface area contributed by atoms with Gasteiger partial charge in [-0.25, -0.2) is 0 Å². The number of benzene rings is 2. The second kappa shape index (κ2) is 6.67. The van der Waals surface area contributed by atoms with Gasteiger partial charge in [0.15, 0.2) is 11.9 Å². The number of hydrogen-bond donors (Lipinski definition) is 2. The summed E-state index contributed by atoms with van der Waals surface area (Å²) in [5, 5.41) is 10.8. The Balaban J connectivity index is 1.34. The van der Waals surface area contributed by atoms with Crippen LogP contribution < -0.4 is 15.0 Å². The number of anilines is 2. The van der Waals surface area contributed by atoms with E-state index in [1.165, 1.54) is 0 Å². The van der Waals surface area contributed by atoms with E-state index in [-0.39, 0.29) is 17.7 Å². The molecule has 2 N–H and O–H groups in total. The Kier molecular flexibility index (Phi) is 4.00. The van der Waals surface area contributed by atoms with Gasteiger partial charge in [0, 0.05) is 30.0 Å². The number of nitrogens with one attached hydrogen (secondary N) is 2. The summed E-state index contributed by atoms with van der Waals surface area (Å²) in [7, 11) is 0. The molecule has 1 aromatic heterocycles. The van der Waals surface area contributed by atoms with Crippen LogP contribution in [0.5, 0.6) is 5.75 Å². The second-order valence-electron chi connectivity index (χ2n) is 7.26. The average Bonchev–Trinajstić information content (AvgIpc) is 3.42. The van der Waals surface area contributed by atoms with Crippen molar-refractivity contribution in [1.29, 1.82) is 0 Å². The van der Waals surface area contributed by atoms with Gasteiger partial charge in [0.1, 0.15) is 5.75 Å². The van der Waals surface area contributed by atoms with Crippen molar-refractivity contribution in [3.8, 4) is 5.75 Å². The van der Waals surface area contributed by atoms with Crippen molar-refractivity contribution in [1.82, 2.24) is 10.2 Å². The molecule has 1 saturated carbocycles. The summed E-state index contributed by atoms with van der Waals surface area (Å²) in [4.78, 5) is 26.5. The van der Waals surface area contributed by atoms with Gasteiger partial charge >= 0.3 is 0 Å². The van der Waals surface area contributed by atoms with E-state index in [0.29, 0.717) is 24.5 Å². The number of carbonyl (C=O) groups excluding carboxylic acids is 2. The number of aromatic amines is 1. The number of H-pyrrole nitrogens is 1. The highest BCUT2D eigenvalue weighted by atomic mass is 16.5. The van der Waals surface area contributed by atoms with Gasteiger partial charge in [-0.1, -0.05) is 18.2 Å². The van der Waals surface area contributed by atoms with Gasteiger partial charge in [-0.3, -0.25) is 14.7 Å². The summed E-state index contributed by atoms with van der Waals surface area (Å²) in [5.41, 5.74) is 1.69. The molecule has 1 unspecified atom stereocenters. The van der Waals surface area contributed by atoms with E-state index >= 15 is 0 Å². The van der Waals surface area contributed by atoms with Crippen molar-refractivity contribution in [2.24, 2.45) is 5.92 Å². The number of carbonyl (C=O) groups is 2. The van der Waals surface area contributed by atoms with E-state index in [9.17, 15) is 9.59 Å². The number of ether oxygens (including phenoxy) is 1. The number of nitrogens with zero attached hydrogens (tertiary/aromatic N) is 2. The van der Waals surface area contributed by atoms with Crippen LogP contribution in [0.2, 0.25) is 0 Å². The van der Waals surface area contributed by atoms with Crippen molar-refractivity contribution in [2.75, 3.05) is 16.8 Å². The smallest absolute Gasteiger partial charge is 0.268 e. The van der Waals surface area contributed by atoms with Crippen molar-refractivity contribution < 1.29 is 14.3 Å². The van der Waals surface area contributed by atoms with Crippen LogP contribution in [0.4, 0.5) is 11.5 Å². The molecule has 7 heteroatoms. The van der Waals surface area contributed by atoms with Gasteiger partial charge < -0.3 is 15.0 Å². The lowest BCUT2D eigenvalue weighted by atomic mass is 10.2. The van der Waals surface area contributed by atoms with E-state index in [4.69, 9.17) is 4.74 Å². The predicted molar refractivity (Wildman–Crippen MR) is 105 cm³/mol. The van der Waals surface area contributed by atoms with Gasteiger partial charge in [-0.2, -0.15) is 5.10 Å². The fourth-order valence-corrected chi connectivity index (χ4v) is 3.52. The number of para-hydroxylation sites is 1. The van der Waals surface area contributed by atoms with Crippen LogP contribution in [0, 0.1) is 5.92 Å². The van der Waals surface area contributed by atoms with Crippen molar-refractivity contribution >= 4 is 34.2 Å². The SMILES string of the molecule is O=C(Nc1n[nH]c2ccc(OC3CCN(c4ccccc4)C3=O)cc12)C1CC1. The lowest BCUT2D eigenvalue weighted by molar-refractivity contribution is -0.123. The number of aromatic nitrogens is 2. The lowest BCUT2D eigenvalue weighted by Crippen LogP contribution is -2.32. The summed E-state index contributed by atoms with van der Waals surface area (Å²) in [6.45, 7) is 0.629. The molecule has 2 aliphatic rings. The molecular formula is C21H20N4O3. The zero-order chi connectivity index (χ0) is 19.1. The molecule has 2 fully saturated rings. The van der Waals surface area contributed by atoms with Crippen LogP contribution in [-0.2, 0) is 9.59 Å². The number of amides is 2. The first-order chi connectivity index (χ1) is 13.7. The minimum atomic E-state index is -0.519. The van der Waals surface area contributed by atoms with Crippen LogP contribution in [0.3, 0.4) is 0 Å². The third-order valence-electron chi connectivity index (χ3n) is 5.23. The van der Waals surface area contributed by atoms with Gasteiger partial charge in [-0.15, -0.1) is 0 Å². The Bertz CT molecular complexity index is 1040. The third-order valence-corrected chi connectivity index (χ3v) is 5.23.